The summed E-state index contributed by atoms with van der Waals surface area (Å²) < 4.78 is 5.26. The van der Waals surface area contributed by atoms with Crippen molar-refractivity contribution >= 4 is 22.5 Å². The Morgan fingerprint density at radius 2 is 1.97 bits per heavy atom. The van der Waals surface area contributed by atoms with Gasteiger partial charge in [-0.25, -0.2) is 0 Å². The van der Waals surface area contributed by atoms with Crippen LogP contribution in [0, 0.1) is 6.92 Å². The summed E-state index contributed by atoms with van der Waals surface area (Å²) in [6.07, 6.45) is 7.70. The average molecular weight is 417 g/mol. The third-order valence-electron chi connectivity index (χ3n) is 5.80. The van der Waals surface area contributed by atoms with Crippen molar-refractivity contribution in [1.29, 1.82) is 0 Å². The van der Waals surface area contributed by atoms with E-state index in [1.54, 1.807) is 19.4 Å². The predicted octanol–water partition coefficient (Wildman–Crippen LogP) is 4.00. The van der Waals surface area contributed by atoms with Crippen molar-refractivity contribution in [3.63, 3.8) is 0 Å². The number of carbonyl (C=O) groups excluding carboxylic acids is 1. The number of amides is 1. The molecule has 0 radical (unpaired) electrons. The fourth-order valence-corrected chi connectivity index (χ4v) is 3.76. The summed E-state index contributed by atoms with van der Waals surface area (Å²) >= 11 is 0. The monoisotopic (exact) mass is 416 g/mol. The highest BCUT2D eigenvalue weighted by molar-refractivity contribution is 5.97. The summed E-state index contributed by atoms with van der Waals surface area (Å²) in [6, 6.07) is 13.3. The maximum atomic E-state index is 13.0. The van der Waals surface area contributed by atoms with Gasteiger partial charge in [-0.2, -0.15) is 0 Å². The van der Waals surface area contributed by atoms with Crippen LogP contribution in [0.25, 0.3) is 10.9 Å². The largest absolute Gasteiger partial charge is 0.497 e. The fraction of sp³-hybridized carbons (Fsp3) is 0.280. The zero-order chi connectivity index (χ0) is 22.0. The zero-order valence-corrected chi connectivity index (χ0v) is 18.2. The second-order valence-electron chi connectivity index (χ2n) is 8.18. The number of anilines is 1. The van der Waals surface area contributed by atoms with E-state index in [0.29, 0.717) is 17.0 Å². The van der Waals surface area contributed by atoms with Gasteiger partial charge in [0.15, 0.2) is 0 Å². The van der Waals surface area contributed by atoms with E-state index in [1.807, 2.05) is 43.3 Å². The van der Waals surface area contributed by atoms with Crippen LogP contribution in [0.1, 0.15) is 34.3 Å². The van der Waals surface area contributed by atoms with E-state index in [9.17, 15) is 4.79 Å². The molecule has 2 heterocycles. The van der Waals surface area contributed by atoms with Gasteiger partial charge >= 0.3 is 0 Å². The number of aromatic nitrogens is 1. The van der Waals surface area contributed by atoms with Crippen molar-refractivity contribution in [1.82, 2.24) is 15.2 Å². The quantitative estimate of drug-likeness (QED) is 0.629. The molecule has 2 aliphatic rings. The molecule has 160 valence electrons. The van der Waals surface area contributed by atoms with E-state index >= 15 is 0 Å². The van der Waals surface area contributed by atoms with Gasteiger partial charge in [-0.1, -0.05) is 12.1 Å². The van der Waals surface area contributed by atoms with Gasteiger partial charge in [0.2, 0.25) is 0 Å². The van der Waals surface area contributed by atoms with Crippen molar-refractivity contribution in [2.24, 2.45) is 0 Å². The number of benzene rings is 2. The Hall–Kier alpha value is -3.54. The number of ether oxygens (including phenoxy) is 1. The van der Waals surface area contributed by atoms with Crippen LogP contribution in [0.5, 0.6) is 5.75 Å². The number of likely N-dealkylation sites (N-methyl/N-ethyl adjacent to an activating group) is 1. The Morgan fingerprint density at radius 3 is 2.58 bits per heavy atom. The Labute approximate surface area is 182 Å². The molecule has 6 nitrogen and oxygen atoms in total. The van der Waals surface area contributed by atoms with Crippen molar-refractivity contribution in [2.45, 2.75) is 25.3 Å². The molecule has 5 rings (SSSR count). The summed E-state index contributed by atoms with van der Waals surface area (Å²) in [5.74, 6) is 0.572. The molecule has 1 aliphatic heterocycles. The van der Waals surface area contributed by atoms with Crippen molar-refractivity contribution in [2.75, 3.05) is 26.4 Å². The average Bonchev–Trinajstić information content (AvgIpc) is 3.52. The van der Waals surface area contributed by atoms with Gasteiger partial charge in [0.05, 0.1) is 18.2 Å². The second-order valence-corrected chi connectivity index (χ2v) is 8.18. The number of nitrogens with one attached hydrogen (secondary N) is 1. The van der Waals surface area contributed by atoms with E-state index in [0.717, 1.165) is 41.4 Å². The highest BCUT2D eigenvalue weighted by Gasteiger charge is 2.47. The molecule has 0 atom stereocenters. The lowest BCUT2D eigenvalue weighted by atomic mass is 9.97. The minimum Gasteiger partial charge on any atom is -0.497 e. The van der Waals surface area contributed by atoms with E-state index < -0.39 is 0 Å². The molecule has 3 aromatic rings. The lowest BCUT2D eigenvalue weighted by molar-refractivity contribution is 0.0930. The van der Waals surface area contributed by atoms with Crippen LogP contribution in [0.2, 0.25) is 0 Å². The molecule has 6 heteroatoms. The molecule has 0 unspecified atom stereocenters. The number of pyridine rings is 1. The highest BCUT2D eigenvalue weighted by atomic mass is 16.5. The van der Waals surface area contributed by atoms with Crippen LogP contribution in [-0.4, -0.2) is 36.5 Å². The number of nitrogens with zero attached hydrogens (tertiary/aromatic N) is 2. The molecule has 1 amide bonds. The number of hydrogen-bond acceptors (Lipinski definition) is 5. The lowest BCUT2D eigenvalue weighted by Crippen LogP contribution is -2.35. The molecular formula is C25H28N4O2. The number of aryl methyl sites for hydroxylation is 1. The molecule has 0 saturated heterocycles. The predicted molar refractivity (Wildman–Crippen MR) is 124 cm³/mol. The van der Waals surface area contributed by atoms with Crippen LogP contribution in [0.4, 0.5) is 5.69 Å². The van der Waals surface area contributed by atoms with Gasteiger partial charge in [-0.3, -0.25) is 9.78 Å². The van der Waals surface area contributed by atoms with E-state index in [2.05, 4.69) is 34.5 Å². The zero-order valence-electron chi connectivity index (χ0n) is 18.2. The van der Waals surface area contributed by atoms with Gasteiger partial charge in [0.25, 0.3) is 5.91 Å². The summed E-state index contributed by atoms with van der Waals surface area (Å²) in [7, 11) is 3.65. The second kappa shape index (κ2) is 8.30. The minimum atomic E-state index is -0.386. The van der Waals surface area contributed by atoms with E-state index in [1.165, 1.54) is 0 Å². The fourth-order valence-electron chi connectivity index (χ4n) is 3.76. The van der Waals surface area contributed by atoms with Crippen LogP contribution in [-0.2, 0) is 5.54 Å². The number of nitrogens with two attached hydrogens (primary N) is 1. The molecule has 0 bridgehead atoms. The molecule has 3 N–H and O–H groups in total. The SMILES string of the molecule is CN1C=CC1.COc1ccc(C)c(C(=O)NC2(c3cc(N)cc4ncccc34)CC2)c1. The summed E-state index contributed by atoms with van der Waals surface area (Å²) in [6.45, 7) is 3.06. The highest BCUT2D eigenvalue weighted by Crippen LogP contribution is 2.48. The number of hydrogen-bond donors (Lipinski definition) is 2. The molecule has 31 heavy (non-hydrogen) atoms. The standard InChI is InChI=1S/C21H21N3O2.C4H7N/c1-13-5-6-15(26-2)12-17(13)20(25)24-21(7-8-21)18-10-14(22)11-19-16(18)4-3-9-23-19;1-5-3-2-4-5/h3-6,9-12H,7-8,22H2,1-2H3,(H,24,25);2-3H,4H2,1H3. The third-order valence-corrected chi connectivity index (χ3v) is 5.80. The first kappa shape index (κ1) is 20.7. The first-order valence-electron chi connectivity index (χ1n) is 10.4. The molecule has 1 fully saturated rings. The number of methoxy groups -OCH3 is 1. The Morgan fingerprint density at radius 1 is 1.23 bits per heavy atom. The van der Waals surface area contributed by atoms with Crippen LogP contribution >= 0.6 is 0 Å². The van der Waals surface area contributed by atoms with Gasteiger partial charge in [0.1, 0.15) is 5.75 Å². The normalized spacial score (nSPS) is 15.5. The number of nitrogen functional groups attached to an aromatic ring is 1. The molecule has 1 saturated carbocycles. The maximum absolute atomic E-state index is 13.0. The summed E-state index contributed by atoms with van der Waals surface area (Å²) in [4.78, 5) is 19.5. The van der Waals surface area contributed by atoms with Crippen molar-refractivity contribution in [3.05, 3.63) is 77.6 Å². The maximum Gasteiger partial charge on any atom is 0.252 e. The van der Waals surface area contributed by atoms with Crippen LogP contribution in [0.3, 0.4) is 0 Å². The molecule has 1 aromatic heterocycles. The third kappa shape index (κ3) is 4.33. The van der Waals surface area contributed by atoms with Crippen LogP contribution < -0.4 is 15.8 Å². The van der Waals surface area contributed by atoms with Crippen molar-refractivity contribution in [3.8, 4) is 5.75 Å². The molecule has 1 aliphatic carbocycles. The van der Waals surface area contributed by atoms with E-state index in [-0.39, 0.29) is 11.4 Å². The Bertz CT molecular complexity index is 1150. The summed E-state index contributed by atoms with van der Waals surface area (Å²) in [5, 5.41) is 4.26. The van der Waals surface area contributed by atoms with Gasteiger partial charge in [-0.15, -0.1) is 0 Å². The Balaban J connectivity index is 0.000000407. The topological polar surface area (TPSA) is 80.5 Å². The minimum absolute atomic E-state index is 0.0987. The van der Waals surface area contributed by atoms with Gasteiger partial charge in [-0.05, 0) is 73.5 Å². The Kier molecular flexibility index (Phi) is 5.55. The molecular weight excluding hydrogens is 388 g/mol. The summed E-state index contributed by atoms with van der Waals surface area (Å²) in [5.41, 5.74) is 9.78. The lowest BCUT2D eigenvalue weighted by Gasteiger charge is -2.21. The number of fused-ring (bicyclic) bond motifs is 1. The number of rotatable bonds is 4. The van der Waals surface area contributed by atoms with E-state index in [4.69, 9.17) is 10.5 Å². The first-order chi connectivity index (χ1) is 14.9. The van der Waals surface area contributed by atoms with Gasteiger partial charge in [0, 0.05) is 36.4 Å². The van der Waals surface area contributed by atoms with Crippen LogP contribution in [0.15, 0.2) is 60.9 Å². The molecule has 0 spiro atoms. The first-order valence-corrected chi connectivity index (χ1v) is 10.4. The molecule has 2 aromatic carbocycles. The number of carbonyl (C=O) groups is 1. The smallest absolute Gasteiger partial charge is 0.252 e. The van der Waals surface area contributed by atoms with Crippen molar-refractivity contribution < 1.29 is 9.53 Å². The van der Waals surface area contributed by atoms with Gasteiger partial charge < -0.3 is 20.7 Å².